The highest BCUT2D eigenvalue weighted by molar-refractivity contribution is 9.10. The van der Waals surface area contributed by atoms with E-state index < -0.39 is 0 Å². The molecule has 36 heavy (non-hydrogen) atoms. The number of rotatable bonds is 6. The van der Waals surface area contributed by atoms with E-state index in [-0.39, 0.29) is 11.5 Å². The van der Waals surface area contributed by atoms with Crippen molar-refractivity contribution in [2.24, 2.45) is 15.2 Å². The van der Waals surface area contributed by atoms with Gasteiger partial charge in [0.15, 0.2) is 17.1 Å². The Morgan fingerprint density at radius 3 is 2.58 bits per heavy atom. The molecule has 7 nitrogen and oxygen atoms in total. The number of hydrogen-bond acceptors (Lipinski definition) is 7. The maximum Gasteiger partial charge on any atom is 0.227 e. The first-order valence-corrected chi connectivity index (χ1v) is 11.9. The molecule has 0 unspecified atom stereocenters. The van der Waals surface area contributed by atoms with Crippen LogP contribution in [-0.2, 0) is 0 Å². The molecule has 0 bridgehead atoms. The Morgan fingerprint density at radius 2 is 1.78 bits per heavy atom. The SMILES string of the molecule is COc1cc(N=Nc2cccc(Cl)c2)cc(C=Nc2ccc3oc(-c4cccc(Br)c4)nc3c2)c1O. The summed E-state index contributed by atoms with van der Waals surface area (Å²) in [7, 11) is 1.47. The summed E-state index contributed by atoms with van der Waals surface area (Å²) >= 11 is 9.48. The Bertz CT molecular complexity index is 1630. The zero-order chi connectivity index (χ0) is 25.1. The first-order valence-electron chi connectivity index (χ1n) is 10.8. The van der Waals surface area contributed by atoms with Crippen LogP contribution in [-0.4, -0.2) is 23.4 Å². The van der Waals surface area contributed by atoms with Crippen LogP contribution in [0.25, 0.3) is 22.6 Å². The molecule has 0 saturated heterocycles. The van der Waals surface area contributed by atoms with Crippen LogP contribution in [0.3, 0.4) is 0 Å². The molecule has 0 aliphatic carbocycles. The predicted molar refractivity (Wildman–Crippen MR) is 145 cm³/mol. The fraction of sp³-hybridized carbons (Fsp3) is 0.0370. The van der Waals surface area contributed by atoms with Crippen LogP contribution >= 0.6 is 27.5 Å². The average Bonchev–Trinajstić information content (AvgIpc) is 3.31. The number of benzene rings is 4. The van der Waals surface area contributed by atoms with Gasteiger partial charge < -0.3 is 14.3 Å². The van der Waals surface area contributed by atoms with E-state index in [9.17, 15) is 5.11 Å². The minimum atomic E-state index is -0.0533. The summed E-state index contributed by atoms with van der Waals surface area (Å²) in [5.74, 6) is 0.722. The molecule has 178 valence electrons. The number of phenolic OH excluding ortho intramolecular Hbond substituents is 1. The molecule has 5 aromatic rings. The van der Waals surface area contributed by atoms with E-state index in [1.54, 1.807) is 36.4 Å². The van der Waals surface area contributed by atoms with Gasteiger partial charge in [0.05, 0.1) is 24.2 Å². The molecule has 9 heteroatoms. The number of halogens is 2. The van der Waals surface area contributed by atoms with Crippen molar-refractivity contribution in [1.82, 2.24) is 4.98 Å². The standard InChI is InChI=1S/C27H18BrClN4O3/c1-35-25-14-22(33-32-21-7-3-6-19(29)12-21)11-17(26(25)34)15-30-20-8-9-24-23(13-20)31-27(36-24)16-4-2-5-18(28)10-16/h2-15,34H,1H3. The molecular weight excluding hydrogens is 544 g/mol. The predicted octanol–water partition coefficient (Wildman–Crippen LogP) is 8.79. The van der Waals surface area contributed by atoms with Crippen molar-refractivity contribution in [1.29, 1.82) is 0 Å². The summed E-state index contributed by atoms with van der Waals surface area (Å²) in [6.07, 6.45) is 1.53. The normalized spacial score (nSPS) is 11.6. The lowest BCUT2D eigenvalue weighted by molar-refractivity contribution is 0.373. The number of aromatic hydroxyl groups is 1. The number of methoxy groups -OCH3 is 1. The van der Waals surface area contributed by atoms with Crippen LogP contribution in [0.4, 0.5) is 17.1 Å². The van der Waals surface area contributed by atoms with Gasteiger partial charge in [0.25, 0.3) is 0 Å². The maximum atomic E-state index is 10.6. The third-order valence-corrected chi connectivity index (χ3v) is 5.92. The number of phenols is 1. The van der Waals surface area contributed by atoms with Gasteiger partial charge in [-0.05, 0) is 60.7 Å². The number of fused-ring (bicyclic) bond motifs is 1. The average molecular weight is 562 g/mol. The minimum absolute atomic E-state index is 0.0533. The molecule has 0 spiro atoms. The maximum absolute atomic E-state index is 10.6. The van der Waals surface area contributed by atoms with E-state index in [2.05, 4.69) is 36.1 Å². The van der Waals surface area contributed by atoms with Crippen molar-refractivity contribution in [3.63, 3.8) is 0 Å². The quantitative estimate of drug-likeness (QED) is 0.166. The molecule has 1 N–H and O–H groups in total. The fourth-order valence-electron chi connectivity index (χ4n) is 3.47. The highest BCUT2D eigenvalue weighted by atomic mass is 79.9. The van der Waals surface area contributed by atoms with Crippen molar-refractivity contribution < 1.29 is 14.3 Å². The number of aromatic nitrogens is 1. The van der Waals surface area contributed by atoms with E-state index >= 15 is 0 Å². The molecule has 0 saturated carbocycles. The summed E-state index contributed by atoms with van der Waals surface area (Å²) in [4.78, 5) is 9.10. The Labute approximate surface area is 219 Å². The van der Waals surface area contributed by atoms with Crippen molar-refractivity contribution in [3.8, 4) is 23.0 Å². The van der Waals surface area contributed by atoms with Gasteiger partial charge in [-0.2, -0.15) is 10.2 Å². The molecule has 0 atom stereocenters. The number of oxazole rings is 1. The zero-order valence-corrected chi connectivity index (χ0v) is 21.2. The van der Waals surface area contributed by atoms with Crippen LogP contribution < -0.4 is 4.74 Å². The molecule has 5 rings (SSSR count). The number of azo groups is 1. The van der Waals surface area contributed by atoms with E-state index in [0.717, 1.165) is 10.0 Å². The molecule has 4 aromatic carbocycles. The van der Waals surface area contributed by atoms with Gasteiger partial charge >= 0.3 is 0 Å². The highest BCUT2D eigenvalue weighted by Crippen LogP contribution is 2.35. The summed E-state index contributed by atoms with van der Waals surface area (Å²) in [5, 5.41) is 19.6. The second-order valence-electron chi connectivity index (χ2n) is 7.71. The molecule has 0 radical (unpaired) electrons. The Kier molecular flexibility index (Phi) is 6.79. The van der Waals surface area contributed by atoms with Gasteiger partial charge in [0.2, 0.25) is 5.89 Å². The second kappa shape index (κ2) is 10.3. The third kappa shape index (κ3) is 5.30. The van der Waals surface area contributed by atoms with E-state index in [0.29, 0.717) is 44.6 Å². The molecule has 0 aliphatic rings. The Balaban J connectivity index is 1.44. The van der Waals surface area contributed by atoms with E-state index in [1.165, 1.54) is 13.3 Å². The minimum Gasteiger partial charge on any atom is -0.504 e. The largest absolute Gasteiger partial charge is 0.504 e. The van der Waals surface area contributed by atoms with E-state index in [1.807, 2.05) is 42.5 Å². The Morgan fingerprint density at radius 1 is 0.944 bits per heavy atom. The Hall–Kier alpha value is -4.01. The summed E-state index contributed by atoms with van der Waals surface area (Å²) in [6.45, 7) is 0. The lowest BCUT2D eigenvalue weighted by Gasteiger charge is -2.07. The molecule has 0 fully saturated rings. The van der Waals surface area contributed by atoms with Gasteiger partial charge in [-0.15, -0.1) is 0 Å². The highest BCUT2D eigenvalue weighted by Gasteiger charge is 2.11. The molecule has 0 aliphatic heterocycles. The summed E-state index contributed by atoms with van der Waals surface area (Å²) in [6, 6.07) is 23.5. The van der Waals surface area contributed by atoms with Gasteiger partial charge in [0, 0.05) is 32.9 Å². The van der Waals surface area contributed by atoms with Gasteiger partial charge in [-0.1, -0.05) is 39.7 Å². The molecule has 0 amide bonds. The lowest BCUT2D eigenvalue weighted by atomic mass is 10.1. The number of nitrogens with zero attached hydrogens (tertiary/aromatic N) is 4. The van der Waals surface area contributed by atoms with Crippen LogP contribution in [0.1, 0.15) is 5.56 Å². The van der Waals surface area contributed by atoms with E-state index in [4.69, 9.17) is 20.8 Å². The molecule has 1 aromatic heterocycles. The number of aliphatic imine (C=N–C) groups is 1. The smallest absolute Gasteiger partial charge is 0.227 e. The van der Waals surface area contributed by atoms with Crippen LogP contribution in [0.5, 0.6) is 11.5 Å². The van der Waals surface area contributed by atoms with Crippen molar-refractivity contribution >= 4 is 61.9 Å². The molecule has 1 heterocycles. The van der Waals surface area contributed by atoms with Gasteiger partial charge in [-0.3, -0.25) is 4.99 Å². The topological polar surface area (TPSA) is 92.6 Å². The first-order chi connectivity index (χ1) is 17.5. The zero-order valence-electron chi connectivity index (χ0n) is 18.9. The van der Waals surface area contributed by atoms with Crippen molar-refractivity contribution in [2.75, 3.05) is 7.11 Å². The molecular formula is C27H18BrClN4O3. The van der Waals surface area contributed by atoms with Crippen LogP contribution in [0, 0.1) is 0 Å². The summed E-state index contributed by atoms with van der Waals surface area (Å²) < 4.78 is 12.1. The number of hydrogen-bond donors (Lipinski definition) is 1. The van der Waals surface area contributed by atoms with Crippen molar-refractivity contribution in [3.05, 3.63) is 93.9 Å². The van der Waals surface area contributed by atoms with Crippen molar-refractivity contribution in [2.45, 2.75) is 0 Å². The van der Waals surface area contributed by atoms with Crippen LogP contribution in [0.15, 0.2) is 103 Å². The van der Waals surface area contributed by atoms with Crippen LogP contribution in [0.2, 0.25) is 5.02 Å². The van der Waals surface area contributed by atoms with Gasteiger partial charge in [-0.25, -0.2) is 4.98 Å². The lowest BCUT2D eigenvalue weighted by Crippen LogP contribution is -1.89. The third-order valence-electron chi connectivity index (χ3n) is 5.19. The van der Waals surface area contributed by atoms with Gasteiger partial charge in [0.1, 0.15) is 5.52 Å². The first kappa shape index (κ1) is 23.7. The fourth-order valence-corrected chi connectivity index (χ4v) is 4.05. The second-order valence-corrected chi connectivity index (χ2v) is 9.06. The number of ether oxygens (including phenoxy) is 1. The monoisotopic (exact) mass is 560 g/mol. The summed E-state index contributed by atoms with van der Waals surface area (Å²) in [5.41, 5.74) is 4.34.